The highest BCUT2D eigenvalue weighted by molar-refractivity contribution is 5.67. The van der Waals surface area contributed by atoms with Crippen molar-refractivity contribution >= 4 is 6.09 Å². The first-order chi connectivity index (χ1) is 13.7. The summed E-state index contributed by atoms with van der Waals surface area (Å²) in [6.07, 6.45) is 5.49. The molecule has 2 aliphatic rings. The van der Waals surface area contributed by atoms with Gasteiger partial charge in [-0.3, -0.25) is 0 Å². The summed E-state index contributed by atoms with van der Waals surface area (Å²) in [5, 5.41) is 7.02. The minimum Gasteiger partial charge on any atom is -0.445 e. The van der Waals surface area contributed by atoms with Gasteiger partial charge in [-0.25, -0.2) is 4.79 Å². The minimum atomic E-state index is -0.310. The highest BCUT2D eigenvalue weighted by Gasteiger charge is 2.38. The molecular formula is C24H30N2O2. The van der Waals surface area contributed by atoms with E-state index in [2.05, 4.69) is 41.8 Å². The Hall–Kier alpha value is -2.33. The molecule has 2 saturated carbocycles. The summed E-state index contributed by atoms with van der Waals surface area (Å²) in [5.74, 6) is 0.394. The van der Waals surface area contributed by atoms with Crippen LogP contribution in [0.2, 0.25) is 0 Å². The zero-order valence-corrected chi connectivity index (χ0v) is 16.6. The first kappa shape index (κ1) is 19.0. The SMILES string of the molecule is Cc1ccccc1C(NC1CC1)C1CCCC1NC(=O)OCc1ccccc1. The second kappa shape index (κ2) is 8.78. The lowest BCUT2D eigenvalue weighted by Gasteiger charge is -2.31. The number of hydrogen-bond acceptors (Lipinski definition) is 3. The number of alkyl carbamates (subject to hydrolysis) is 1. The van der Waals surface area contributed by atoms with Crippen LogP contribution < -0.4 is 10.6 Å². The van der Waals surface area contributed by atoms with Crippen LogP contribution in [0.3, 0.4) is 0 Å². The van der Waals surface area contributed by atoms with E-state index >= 15 is 0 Å². The number of carbonyl (C=O) groups is 1. The third-order valence-electron chi connectivity index (χ3n) is 6.03. The Kier molecular flexibility index (Phi) is 5.96. The number of rotatable bonds is 7. The van der Waals surface area contributed by atoms with Crippen molar-refractivity contribution in [2.45, 2.75) is 63.8 Å². The summed E-state index contributed by atoms with van der Waals surface area (Å²) in [4.78, 5) is 12.4. The fourth-order valence-electron chi connectivity index (χ4n) is 4.37. The smallest absolute Gasteiger partial charge is 0.407 e. The molecule has 0 heterocycles. The Balaban J connectivity index is 1.42. The van der Waals surface area contributed by atoms with Gasteiger partial charge in [-0.05, 0) is 55.2 Å². The zero-order valence-electron chi connectivity index (χ0n) is 16.6. The highest BCUT2D eigenvalue weighted by Crippen LogP contribution is 2.39. The third-order valence-corrected chi connectivity index (χ3v) is 6.03. The van der Waals surface area contributed by atoms with Gasteiger partial charge in [0.15, 0.2) is 0 Å². The number of ether oxygens (including phenoxy) is 1. The van der Waals surface area contributed by atoms with Gasteiger partial charge in [0.2, 0.25) is 0 Å². The molecule has 0 aromatic heterocycles. The van der Waals surface area contributed by atoms with Gasteiger partial charge in [0.05, 0.1) is 0 Å². The quantitative estimate of drug-likeness (QED) is 0.722. The van der Waals surface area contributed by atoms with Crippen molar-refractivity contribution in [2.24, 2.45) is 5.92 Å². The van der Waals surface area contributed by atoms with Crippen LogP contribution in [-0.2, 0) is 11.3 Å². The predicted octanol–water partition coefficient (Wildman–Crippen LogP) is 4.88. The minimum absolute atomic E-state index is 0.152. The van der Waals surface area contributed by atoms with Crippen LogP contribution in [0.15, 0.2) is 54.6 Å². The van der Waals surface area contributed by atoms with Crippen LogP contribution in [0.25, 0.3) is 0 Å². The van der Waals surface area contributed by atoms with Crippen LogP contribution in [0.5, 0.6) is 0 Å². The molecule has 0 radical (unpaired) electrons. The van der Waals surface area contributed by atoms with Crippen molar-refractivity contribution in [1.82, 2.24) is 10.6 Å². The van der Waals surface area contributed by atoms with Crippen molar-refractivity contribution in [3.8, 4) is 0 Å². The summed E-state index contributed by atoms with van der Waals surface area (Å²) in [6.45, 7) is 2.49. The Bertz CT molecular complexity index is 788. The van der Waals surface area contributed by atoms with Gasteiger partial charge < -0.3 is 15.4 Å². The summed E-state index contributed by atoms with van der Waals surface area (Å²) in [7, 11) is 0. The fraction of sp³-hybridized carbons (Fsp3) is 0.458. The predicted molar refractivity (Wildman–Crippen MR) is 111 cm³/mol. The topological polar surface area (TPSA) is 50.4 Å². The van der Waals surface area contributed by atoms with Crippen LogP contribution in [0.4, 0.5) is 4.79 Å². The molecule has 2 N–H and O–H groups in total. The number of nitrogens with one attached hydrogen (secondary N) is 2. The van der Waals surface area contributed by atoms with E-state index in [1.165, 1.54) is 24.0 Å². The summed E-state index contributed by atoms with van der Waals surface area (Å²) in [5.41, 5.74) is 3.69. The van der Waals surface area contributed by atoms with E-state index in [1.54, 1.807) is 0 Å². The standard InChI is InChI=1S/C24H30N2O2/c1-17-8-5-6-11-20(17)23(25-19-14-15-19)21-12-7-13-22(21)26-24(27)28-16-18-9-3-2-4-10-18/h2-6,8-11,19,21-23,25H,7,12-16H2,1H3,(H,26,27). The van der Waals surface area contributed by atoms with Gasteiger partial charge in [-0.15, -0.1) is 0 Å². The summed E-state index contributed by atoms with van der Waals surface area (Å²) < 4.78 is 5.47. The van der Waals surface area contributed by atoms with Crippen molar-refractivity contribution in [2.75, 3.05) is 0 Å². The Labute approximate surface area is 167 Å². The van der Waals surface area contributed by atoms with Crippen molar-refractivity contribution in [1.29, 1.82) is 0 Å². The van der Waals surface area contributed by atoms with Crippen LogP contribution in [0, 0.1) is 12.8 Å². The molecule has 3 atom stereocenters. The first-order valence-corrected chi connectivity index (χ1v) is 10.5. The van der Waals surface area contributed by atoms with E-state index in [9.17, 15) is 4.79 Å². The van der Waals surface area contributed by atoms with Crippen LogP contribution in [0.1, 0.15) is 54.8 Å². The number of aryl methyl sites for hydroxylation is 1. The molecule has 2 fully saturated rings. The molecule has 4 nitrogen and oxygen atoms in total. The number of carbonyl (C=O) groups excluding carboxylic acids is 1. The molecule has 0 bridgehead atoms. The molecule has 0 saturated heterocycles. The van der Waals surface area contributed by atoms with Gasteiger partial charge >= 0.3 is 6.09 Å². The largest absolute Gasteiger partial charge is 0.445 e. The maximum absolute atomic E-state index is 12.4. The maximum Gasteiger partial charge on any atom is 0.407 e. The second-order valence-corrected chi connectivity index (χ2v) is 8.18. The van der Waals surface area contributed by atoms with E-state index in [0.29, 0.717) is 18.6 Å². The Morgan fingerprint density at radius 1 is 1.04 bits per heavy atom. The van der Waals surface area contributed by atoms with E-state index in [0.717, 1.165) is 24.8 Å². The summed E-state index contributed by atoms with van der Waals surface area (Å²) >= 11 is 0. The van der Waals surface area contributed by atoms with Gasteiger partial charge in [0.1, 0.15) is 6.61 Å². The molecule has 4 heteroatoms. The van der Waals surface area contributed by atoms with Crippen molar-refractivity contribution in [3.63, 3.8) is 0 Å². The molecule has 4 rings (SSSR count). The number of benzene rings is 2. The molecule has 148 valence electrons. The molecule has 0 spiro atoms. The molecule has 3 unspecified atom stereocenters. The highest BCUT2D eigenvalue weighted by atomic mass is 16.5. The van der Waals surface area contributed by atoms with Gasteiger partial charge in [0, 0.05) is 18.1 Å². The zero-order chi connectivity index (χ0) is 19.3. The lowest BCUT2D eigenvalue weighted by Crippen LogP contribution is -2.43. The summed E-state index contributed by atoms with van der Waals surface area (Å²) in [6, 6.07) is 19.5. The van der Waals surface area contributed by atoms with Gasteiger partial charge in [0.25, 0.3) is 0 Å². The Morgan fingerprint density at radius 3 is 2.54 bits per heavy atom. The van der Waals surface area contributed by atoms with E-state index in [-0.39, 0.29) is 18.2 Å². The normalized spacial score (nSPS) is 22.6. The van der Waals surface area contributed by atoms with Crippen LogP contribution in [-0.4, -0.2) is 18.2 Å². The van der Waals surface area contributed by atoms with E-state index in [1.807, 2.05) is 30.3 Å². The lowest BCUT2D eigenvalue weighted by molar-refractivity contribution is 0.131. The Morgan fingerprint density at radius 2 is 1.79 bits per heavy atom. The van der Waals surface area contributed by atoms with Crippen molar-refractivity contribution < 1.29 is 9.53 Å². The van der Waals surface area contributed by atoms with Gasteiger partial charge in [-0.1, -0.05) is 61.0 Å². The molecule has 28 heavy (non-hydrogen) atoms. The molecule has 2 aliphatic carbocycles. The molecule has 2 aromatic rings. The molecule has 2 aromatic carbocycles. The molecule has 1 amide bonds. The fourth-order valence-corrected chi connectivity index (χ4v) is 4.37. The number of amides is 1. The molecule has 0 aliphatic heterocycles. The third kappa shape index (κ3) is 4.74. The second-order valence-electron chi connectivity index (χ2n) is 8.18. The van der Waals surface area contributed by atoms with Gasteiger partial charge in [-0.2, -0.15) is 0 Å². The van der Waals surface area contributed by atoms with E-state index < -0.39 is 0 Å². The number of hydrogen-bond donors (Lipinski definition) is 2. The van der Waals surface area contributed by atoms with E-state index in [4.69, 9.17) is 4.74 Å². The maximum atomic E-state index is 12.4. The average Bonchev–Trinajstić information content (AvgIpc) is 3.43. The monoisotopic (exact) mass is 378 g/mol. The lowest BCUT2D eigenvalue weighted by atomic mass is 9.86. The molecular weight excluding hydrogens is 348 g/mol. The first-order valence-electron chi connectivity index (χ1n) is 10.5. The van der Waals surface area contributed by atoms with Crippen molar-refractivity contribution in [3.05, 3.63) is 71.3 Å². The average molecular weight is 379 g/mol. The van der Waals surface area contributed by atoms with Crippen LogP contribution >= 0.6 is 0 Å².